The molecule has 3 rings (SSSR count). The fourth-order valence-corrected chi connectivity index (χ4v) is 3.32. The summed E-state index contributed by atoms with van der Waals surface area (Å²) in [6.07, 6.45) is 3.32. The van der Waals surface area contributed by atoms with Gasteiger partial charge in [-0.2, -0.15) is 0 Å². The lowest BCUT2D eigenvalue weighted by Gasteiger charge is -2.39. The summed E-state index contributed by atoms with van der Waals surface area (Å²) in [5.41, 5.74) is 1.33. The van der Waals surface area contributed by atoms with Crippen molar-refractivity contribution in [3.8, 4) is 0 Å². The first-order chi connectivity index (χ1) is 9.77. The zero-order valence-corrected chi connectivity index (χ0v) is 11.8. The van der Waals surface area contributed by atoms with Crippen LogP contribution >= 0.6 is 0 Å². The van der Waals surface area contributed by atoms with Gasteiger partial charge in [0, 0.05) is 25.0 Å². The van der Waals surface area contributed by atoms with Crippen molar-refractivity contribution >= 4 is 6.09 Å². The van der Waals surface area contributed by atoms with Crippen molar-refractivity contribution < 1.29 is 9.53 Å². The molecule has 0 aliphatic carbocycles. The Morgan fingerprint density at radius 1 is 1.30 bits per heavy atom. The summed E-state index contributed by atoms with van der Waals surface area (Å²) < 4.78 is 5.44. The predicted molar refractivity (Wildman–Crippen MR) is 77.4 cm³/mol. The van der Waals surface area contributed by atoms with E-state index in [1.807, 2.05) is 35.2 Å². The third-order valence-electron chi connectivity index (χ3n) is 4.46. The minimum absolute atomic E-state index is 0.167. The van der Waals surface area contributed by atoms with E-state index in [1.165, 1.54) is 12.8 Å². The van der Waals surface area contributed by atoms with Crippen LogP contribution in [0.3, 0.4) is 0 Å². The van der Waals surface area contributed by atoms with Crippen molar-refractivity contribution in [3.05, 3.63) is 35.9 Å². The fourth-order valence-electron chi connectivity index (χ4n) is 3.32. The van der Waals surface area contributed by atoms with Gasteiger partial charge in [-0.1, -0.05) is 30.3 Å². The molecule has 2 fully saturated rings. The molecule has 4 heteroatoms. The zero-order valence-electron chi connectivity index (χ0n) is 11.8. The minimum Gasteiger partial charge on any atom is -0.445 e. The number of amides is 1. The van der Waals surface area contributed by atoms with E-state index < -0.39 is 0 Å². The molecule has 0 bridgehead atoms. The van der Waals surface area contributed by atoms with Crippen molar-refractivity contribution in [3.63, 3.8) is 0 Å². The maximum absolute atomic E-state index is 12.2. The number of hydrogen-bond acceptors (Lipinski definition) is 3. The molecule has 4 nitrogen and oxygen atoms in total. The van der Waals surface area contributed by atoms with Gasteiger partial charge in [-0.15, -0.1) is 0 Å². The monoisotopic (exact) mass is 274 g/mol. The molecule has 1 atom stereocenters. The molecule has 1 unspecified atom stereocenters. The SMILES string of the molecule is O=C(OCc1ccccc1)N1CCCC2(CCNC2)C1. The number of ether oxygens (including phenoxy) is 1. The average molecular weight is 274 g/mol. The molecule has 2 aliphatic heterocycles. The van der Waals surface area contributed by atoms with Crippen molar-refractivity contribution in [1.29, 1.82) is 0 Å². The second kappa shape index (κ2) is 5.83. The molecule has 20 heavy (non-hydrogen) atoms. The highest BCUT2D eigenvalue weighted by atomic mass is 16.6. The van der Waals surface area contributed by atoms with Crippen LogP contribution in [0.5, 0.6) is 0 Å². The molecule has 1 N–H and O–H groups in total. The van der Waals surface area contributed by atoms with E-state index in [-0.39, 0.29) is 6.09 Å². The standard InChI is InChI=1S/C16H22N2O2/c19-15(20-11-14-5-2-1-3-6-14)18-10-4-7-16(13-18)8-9-17-12-16/h1-3,5-6,17H,4,7-13H2. The highest BCUT2D eigenvalue weighted by molar-refractivity contribution is 5.67. The molecule has 1 amide bonds. The van der Waals surface area contributed by atoms with Crippen molar-refractivity contribution in [2.45, 2.75) is 25.9 Å². The number of benzene rings is 1. The van der Waals surface area contributed by atoms with Crippen LogP contribution < -0.4 is 5.32 Å². The Bertz CT molecular complexity index is 455. The minimum atomic E-state index is -0.167. The number of rotatable bonds is 2. The summed E-state index contributed by atoms with van der Waals surface area (Å²) in [5.74, 6) is 0. The van der Waals surface area contributed by atoms with Crippen molar-refractivity contribution in [2.75, 3.05) is 26.2 Å². The van der Waals surface area contributed by atoms with Gasteiger partial charge < -0.3 is 15.0 Å². The lowest BCUT2D eigenvalue weighted by atomic mass is 9.79. The van der Waals surface area contributed by atoms with Crippen molar-refractivity contribution in [1.82, 2.24) is 10.2 Å². The van der Waals surface area contributed by atoms with Gasteiger partial charge in [-0.25, -0.2) is 4.79 Å². The van der Waals surface area contributed by atoms with Gasteiger partial charge in [0.25, 0.3) is 0 Å². The Hall–Kier alpha value is -1.55. The largest absolute Gasteiger partial charge is 0.445 e. The van der Waals surface area contributed by atoms with Gasteiger partial charge in [-0.3, -0.25) is 0 Å². The molecule has 0 radical (unpaired) electrons. The summed E-state index contributed by atoms with van der Waals surface area (Å²) in [6.45, 7) is 4.15. The summed E-state index contributed by atoms with van der Waals surface area (Å²) >= 11 is 0. The molecule has 2 aliphatic rings. The highest BCUT2D eigenvalue weighted by Gasteiger charge is 2.39. The molecule has 2 heterocycles. The van der Waals surface area contributed by atoms with E-state index in [2.05, 4.69) is 5.32 Å². The molecule has 0 aromatic heterocycles. The topological polar surface area (TPSA) is 41.6 Å². The fraction of sp³-hybridized carbons (Fsp3) is 0.562. The van der Waals surface area contributed by atoms with Gasteiger partial charge >= 0.3 is 6.09 Å². The first kappa shape index (κ1) is 13.4. The van der Waals surface area contributed by atoms with Gasteiger partial charge in [0.1, 0.15) is 6.61 Å². The Morgan fingerprint density at radius 2 is 2.15 bits per heavy atom. The van der Waals surface area contributed by atoms with Crippen LogP contribution in [0, 0.1) is 5.41 Å². The van der Waals surface area contributed by atoms with Gasteiger partial charge in [-0.05, 0) is 31.4 Å². The summed E-state index contributed by atoms with van der Waals surface area (Å²) in [4.78, 5) is 14.1. The smallest absolute Gasteiger partial charge is 0.410 e. The molecule has 1 aromatic rings. The summed E-state index contributed by atoms with van der Waals surface area (Å²) in [5, 5.41) is 3.42. The average Bonchev–Trinajstić information content (AvgIpc) is 2.93. The van der Waals surface area contributed by atoms with Crippen LogP contribution in [0.25, 0.3) is 0 Å². The first-order valence-electron chi connectivity index (χ1n) is 7.44. The van der Waals surface area contributed by atoms with Gasteiger partial charge in [0.05, 0.1) is 0 Å². The number of nitrogens with zero attached hydrogens (tertiary/aromatic N) is 1. The summed E-state index contributed by atoms with van der Waals surface area (Å²) in [6, 6.07) is 9.84. The summed E-state index contributed by atoms with van der Waals surface area (Å²) in [7, 11) is 0. The van der Waals surface area contributed by atoms with E-state index in [0.717, 1.165) is 38.2 Å². The van der Waals surface area contributed by atoms with Crippen LogP contribution in [0.2, 0.25) is 0 Å². The van der Waals surface area contributed by atoms with E-state index in [1.54, 1.807) is 0 Å². The lowest BCUT2D eigenvalue weighted by molar-refractivity contribution is 0.0577. The van der Waals surface area contributed by atoms with E-state index in [4.69, 9.17) is 4.74 Å². The highest BCUT2D eigenvalue weighted by Crippen LogP contribution is 2.35. The number of piperidine rings is 1. The van der Waals surface area contributed by atoms with E-state index in [9.17, 15) is 4.79 Å². The molecular weight excluding hydrogens is 252 g/mol. The molecule has 1 aromatic carbocycles. The van der Waals surface area contributed by atoms with Crippen LogP contribution in [-0.2, 0) is 11.3 Å². The molecular formula is C16H22N2O2. The Balaban J connectivity index is 1.54. The van der Waals surface area contributed by atoms with Gasteiger partial charge in [0.15, 0.2) is 0 Å². The van der Waals surface area contributed by atoms with E-state index >= 15 is 0 Å². The van der Waals surface area contributed by atoms with Crippen LogP contribution in [0.1, 0.15) is 24.8 Å². The van der Waals surface area contributed by atoms with Crippen LogP contribution in [-0.4, -0.2) is 37.2 Å². The maximum atomic E-state index is 12.2. The van der Waals surface area contributed by atoms with Crippen LogP contribution in [0.4, 0.5) is 4.79 Å². The molecule has 0 saturated carbocycles. The molecule has 1 spiro atoms. The maximum Gasteiger partial charge on any atom is 0.410 e. The second-order valence-electron chi connectivity index (χ2n) is 5.99. The predicted octanol–water partition coefficient (Wildman–Crippen LogP) is 2.40. The number of carbonyl (C=O) groups excluding carboxylic acids is 1. The molecule has 108 valence electrons. The number of likely N-dealkylation sites (tertiary alicyclic amines) is 1. The third kappa shape index (κ3) is 2.96. The Morgan fingerprint density at radius 3 is 2.90 bits per heavy atom. The molecule has 2 saturated heterocycles. The van der Waals surface area contributed by atoms with Gasteiger partial charge in [0.2, 0.25) is 0 Å². The van der Waals surface area contributed by atoms with Crippen molar-refractivity contribution in [2.24, 2.45) is 5.41 Å². The number of nitrogens with one attached hydrogen (secondary N) is 1. The Labute approximate surface area is 120 Å². The third-order valence-corrected chi connectivity index (χ3v) is 4.46. The first-order valence-corrected chi connectivity index (χ1v) is 7.44. The number of carbonyl (C=O) groups is 1. The zero-order chi connectivity index (χ0) is 13.8. The lowest BCUT2D eigenvalue weighted by Crippen LogP contribution is -2.47. The van der Waals surface area contributed by atoms with Crippen LogP contribution in [0.15, 0.2) is 30.3 Å². The Kier molecular flexibility index (Phi) is 3.92. The number of hydrogen-bond donors (Lipinski definition) is 1. The second-order valence-corrected chi connectivity index (χ2v) is 5.99. The normalized spacial score (nSPS) is 25.9. The quantitative estimate of drug-likeness (QED) is 0.900. The van der Waals surface area contributed by atoms with E-state index in [0.29, 0.717) is 12.0 Å².